The summed E-state index contributed by atoms with van der Waals surface area (Å²) in [4.78, 5) is 13.8. The van der Waals surface area contributed by atoms with Crippen LogP contribution < -0.4 is 10.6 Å². The second-order valence-corrected chi connectivity index (χ2v) is 8.04. The van der Waals surface area contributed by atoms with Gasteiger partial charge in [-0.1, -0.05) is 6.92 Å². The van der Waals surface area contributed by atoms with Crippen LogP contribution in [0.1, 0.15) is 41.3 Å². The number of anilines is 3. The highest BCUT2D eigenvalue weighted by Gasteiger charge is 2.22. The molecule has 0 aliphatic carbocycles. The van der Waals surface area contributed by atoms with Crippen LogP contribution >= 0.6 is 27.7 Å². The average Bonchev–Trinajstić information content (AvgIpc) is 3.30. The van der Waals surface area contributed by atoms with E-state index in [1.54, 1.807) is 26.2 Å². The summed E-state index contributed by atoms with van der Waals surface area (Å²) in [5.41, 5.74) is 0.534. The molecule has 154 valence electrons. The van der Waals surface area contributed by atoms with Crippen LogP contribution in [0.5, 0.6) is 5.75 Å². The third-order valence-corrected chi connectivity index (χ3v) is 5.50. The Kier molecular flexibility index (Phi) is 6.43. The number of furan rings is 1. The predicted octanol–water partition coefficient (Wildman–Crippen LogP) is 4.92. The van der Waals surface area contributed by atoms with Gasteiger partial charge in [0.25, 0.3) is 5.91 Å². The highest BCUT2D eigenvalue weighted by Crippen LogP contribution is 2.37. The van der Waals surface area contributed by atoms with Gasteiger partial charge in [-0.15, -0.1) is 0 Å². The largest absolute Gasteiger partial charge is 0.505 e. The van der Waals surface area contributed by atoms with Gasteiger partial charge in [0.05, 0.1) is 29.0 Å². The van der Waals surface area contributed by atoms with E-state index in [9.17, 15) is 9.90 Å². The normalized spacial score (nSPS) is 11.9. The molecule has 0 fully saturated rings. The summed E-state index contributed by atoms with van der Waals surface area (Å²) >= 11 is 4.37. The summed E-state index contributed by atoms with van der Waals surface area (Å²) < 4.78 is 14.8. The number of aromatic nitrogens is 2. The zero-order valence-corrected chi connectivity index (χ0v) is 18.9. The van der Waals surface area contributed by atoms with Crippen molar-refractivity contribution in [3.63, 3.8) is 0 Å². The number of nitrogens with zero attached hydrogens (tertiary/aromatic N) is 3. The number of benzene rings is 1. The minimum atomic E-state index is -0.313. The number of hydrogen-bond donors (Lipinski definition) is 3. The number of nitrogens with one attached hydrogen (secondary N) is 2. The van der Waals surface area contributed by atoms with Crippen molar-refractivity contribution in [2.45, 2.75) is 26.3 Å². The fourth-order valence-corrected chi connectivity index (χ4v) is 3.73. The molecule has 1 atom stereocenters. The van der Waals surface area contributed by atoms with Crippen LogP contribution in [0.4, 0.5) is 17.3 Å². The Labute approximate surface area is 181 Å². The smallest absolute Gasteiger partial charge is 0.258 e. The lowest BCUT2D eigenvalue weighted by Crippen LogP contribution is -2.22. The van der Waals surface area contributed by atoms with Gasteiger partial charge in [0.15, 0.2) is 17.4 Å². The van der Waals surface area contributed by atoms with E-state index in [0.29, 0.717) is 21.8 Å². The topological polar surface area (TPSA) is 104 Å². The number of carbonyl (C=O) groups is 1. The van der Waals surface area contributed by atoms with Gasteiger partial charge in [-0.3, -0.25) is 4.79 Å². The monoisotopic (exact) mass is 479 g/mol. The van der Waals surface area contributed by atoms with Crippen molar-refractivity contribution in [1.82, 2.24) is 13.6 Å². The van der Waals surface area contributed by atoms with Crippen LogP contribution in [0.25, 0.3) is 0 Å². The molecule has 0 bridgehead atoms. The van der Waals surface area contributed by atoms with Gasteiger partial charge in [-0.2, -0.15) is 8.75 Å². The maximum absolute atomic E-state index is 12.4. The average molecular weight is 480 g/mol. The zero-order chi connectivity index (χ0) is 21.1. The molecule has 0 spiro atoms. The Morgan fingerprint density at radius 2 is 2.00 bits per heavy atom. The molecule has 3 N–H and O–H groups in total. The minimum Gasteiger partial charge on any atom is -0.505 e. The Bertz CT molecular complexity index is 1020. The van der Waals surface area contributed by atoms with Crippen molar-refractivity contribution in [1.29, 1.82) is 0 Å². The van der Waals surface area contributed by atoms with Crippen molar-refractivity contribution in [2.75, 3.05) is 24.7 Å². The first-order chi connectivity index (χ1) is 13.8. The summed E-state index contributed by atoms with van der Waals surface area (Å²) in [5, 5.41) is 17.1. The van der Waals surface area contributed by atoms with Gasteiger partial charge in [-0.25, -0.2) is 0 Å². The number of aryl methyl sites for hydroxylation is 1. The van der Waals surface area contributed by atoms with Crippen LogP contribution in [0.15, 0.2) is 33.2 Å². The van der Waals surface area contributed by atoms with E-state index in [4.69, 9.17) is 4.42 Å². The van der Waals surface area contributed by atoms with Crippen molar-refractivity contribution < 1.29 is 14.3 Å². The molecule has 2 heterocycles. The molecular formula is C19H22BrN5O3S. The molecule has 10 heteroatoms. The van der Waals surface area contributed by atoms with Crippen molar-refractivity contribution in [2.24, 2.45) is 0 Å². The quantitative estimate of drug-likeness (QED) is 0.413. The van der Waals surface area contributed by atoms with Crippen LogP contribution in [-0.2, 0) is 0 Å². The lowest BCUT2D eigenvalue weighted by molar-refractivity contribution is 0.0824. The van der Waals surface area contributed by atoms with Crippen LogP contribution in [0.3, 0.4) is 0 Å². The minimum absolute atomic E-state index is 0.0717. The first-order valence-electron chi connectivity index (χ1n) is 8.97. The Hall–Kier alpha value is -2.59. The molecule has 8 nitrogen and oxygen atoms in total. The number of phenolic OH excluding ortho intramolecular Hbond substituents is 1. The lowest BCUT2D eigenvalue weighted by atomic mass is 10.1. The second-order valence-electron chi connectivity index (χ2n) is 6.66. The van der Waals surface area contributed by atoms with E-state index in [-0.39, 0.29) is 23.3 Å². The number of carbonyl (C=O) groups excluding carboxylic acids is 1. The number of aromatic hydroxyl groups is 1. The van der Waals surface area contributed by atoms with Crippen molar-refractivity contribution in [3.05, 3.63) is 45.8 Å². The van der Waals surface area contributed by atoms with E-state index in [1.807, 2.05) is 26.0 Å². The summed E-state index contributed by atoms with van der Waals surface area (Å²) in [7, 11) is 3.25. The van der Waals surface area contributed by atoms with Crippen molar-refractivity contribution >= 4 is 50.9 Å². The molecular weight excluding hydrogens is 458 g/mol. The number of amides is 1. The number of hydrogen-bond acceptors (Lipinski definition) is 8. The Morgan fingerprint density at radius 3 is 2.62 bits per heavy atom. The number of rotatable bonds is 7. The maximum Gasteiger partial charge on any atom is 0.258 e. The van der Waals surface area contributed by atoms with Gasteiger partial charge in [0, 0.05) is 18.6 Å². The molecule has 0 saturated heterocycles. The molecule has 0 aliphatic heterocycles. The molecule has 0 unspecified atom stereocenters. The maximum atomic E-state index is 12.4. The fraction of sp³-hybridized carbons (Fsp3) is 0.316. The van der Waals surface area contributed by atoms with Gasteiger partial charge >= 0.3 is 0 Å². The lowest BCUT2D eigenvalue weighted by Gasteiger charge is -2.17. The van der Waals surface area contributed by atoms with Gasteiger partial charge in [0.2, 0.25) is 0 Å². The first kappa shape index (κ1) is 21.1. The third-order valence-electron chi connectivity index (χ3n) is 4.31. The van der Waals surface area contributed by atoms with Gasteiger partial charge < -0.3 is 25.1 Å². The second kappa shape index (κ2) is 8.83. The Balaban J connectivity index is 1.87. The van der Waals surface area contributed by atoms with Crippen LogP contribution in [-0.4, -0.2) is 38.8 Å². The summed E-state index contributed by atoms with van der Waals surface area (Å²) in [6.07, 6.45) is 0.787. The van der Waals surface area contributed by atoms with Gasteiger partial charge in [-0.05, 0) is 53.5 Å². The molecule has 0 radical (unpaired) electrons. The highest BCUT2D eigenvalue weighted by atomic mass is 79.9. The zero-order valence-electron chi connectivity index (χ0n) is 16.5. The molecule has 1 amide bonds. The summed E-state index contributed by atoms with van der Waals surface area (Å²) in [6, 6.07) is 7.15. The van der Waals surface area contributed by atoms with Crippen LogP contribution in [0.2, 0.25) is 0 Å². The fourth-order valence-electron chi connectivity index (χ4n) is 2.77. The first-order valence-corrected chi connectivity index (χ1v) is 10.5. The SMILES string of the molecule is CC[C@@H](Nc1nsnc1Nc1ccc(Br)c(C(=O)N(C)C)c1O)c1ccc(C)o1. The van der Waals surface area contributed by atoms with Gasteiger partial charge in [0.1, 0.15) is 11.5 Å². The van der Waals surface area contributed by atoms with E-state index in [0.717, 1.165) is 29.7 Å². The highest BCUT2D eigenvalue weighted by molar-refractivity contribution is 9.10. The molecule has 1 aromatic carbocycles. The Morgan fingerprint density at radius 1 is 1.28 bits per heavy atom. The summed E-state index contributed by atoms with van der Waals surface area (Å²) in [5.74, 6) is 2.18. The molecule has 0 saturated carbocycles. The number of phenols is 1. The van der Waals surface area contributed by atoms with Crippen molar-refractivity contribution in [3.8, 4) is 5.75 Å². The van der Waals surface area contributed by atoms with E-state index in [2.05, 4.69) is 35.3 Å². The van der Waals surface area contributed by atoms with E-state index >= 15 is 0 Å². The molecule has 3 rings (SSSR count). The standard InChI is InChI=1S/C19H22BrN5O3S/c1-5-12(14-9-6-10(2)28-14)21-17-18(24-29-23-17)22-13-8-7-11(20)15(16(13)26)19(27)25(3)4/h6-9,12,26H,5H2,1-4H3,(H,21,23)(H,22,24)/t12-/m1/s1. The molecule has 0 aliphatic rings. The molecule has 2 aromatic heterocycles. The molecule has 29 heavy (non-hydrogen) atoms. The summed E-state index contributed by atoms with van der Waals surface area (Å²) in [6.45, 7) is 3.94. The van der Waals surface area contributed by atoms with E-state index < -0.39 is 0 Å². The van der Waals surface area contributed by atoms with Crippen LogP contribution in [0, 0.1) is 6.92 Å². The van der Waals surface area contributed by atoms with E-state index in [1.165, 1.54) is 4.90 Å². The third kappa shape index (κ3) is 4.54. The number of halogens is 1. The predicted molar refractivity (Wildman–Crippen MR) is 117 cm³/mol. The molecule has 3 aromatic rings.